The van der Waals surface area contributed by atoms with E-state index in [1.165, 1.54) is 38.8 Å². The number of hydrogen-bond donors (Lipinski definition) is 1. The first-order chi connectivity index (χ1) is 10.3. The van der Waals surface area contributed by atoms with Gasteiger partial charge >= 0.3 is 0 Å². The van der Waals surface area contributed by atoms with Crippen LogP contribution in [0.1, 0.15) is 31.2 Å². The molecule has 0 aliphatic carbocycles. The summed E-state index contributed by atoms with van der Waals surface area (Å²) < 4.78 is 0. The molecule has 1 N–H and O–H groups in total. The van der Waals surface area contributed by atoms with E-state index in [0.717, 1.165) is 30.5 Å². The van der Waals surface area contributed by atoms with Gasteiger partial charge in [0.25, 0.3) is 0 Å². The zero-order valence-corrected chi connectivity index (χ0v) is 12.8. The number of rotatable bonds is 3. The second kappa shape index (κ2) is 7.08. The molecule has 0 unspecified atom stereocenters. The van der Waals surface area contributed by atoms with Gasteiger partial charge in [0.2, 0.25) is 5.91 Å². The predicted molar refractivity (Wildman–Crippen MR) is 85.0 cm³/mol. The molecular weight excluding hydrogens is 260 g/mol. The van der Waals surface area contributed by atoms with Crippen LogP contribution in [0, 0.1) is 11.8 Å². The van der Waals surface area contributed by atoms with Gasteiger partial charge in [-0.3, -0.25) is 4.79 Å². The highest BCUT2D eigenvalue weighted by molar-refractivity contribution is 5.78. The van der Waals surface area contributed by atoms with Crippen LogP contribution in [-0.2, 0) is 11.2 Å². The van der Waals surface area contributed by atoms with Crippen LogP contribution in [0.2, 0.25) is 0 Å². The summed E-state index contributed by atoms with van der Waals surface area (Å²) in [5.41, 5.74) is 1.13. The van der Waals surface area contributed by atoms with Gasteiger partial charge in [-0.2, -0.15) is 0 Å². The maximum atomic E-state index is 12.4. The van der Waals surface area contributed by atoms with Crippen LogP contribution in [0.3, 0.4) is 0 Å². The molecule has 0 radical (unpaired) electrons. The third-order valence-electron chi connectivity index (χ3n) is 5.14. The minimum atomic E-state index is 0.296. The molecule has 1 amide bonds. The second-order valence-electron chi connectivity index (χ2n) is 6.47. The number of hydrogen-bond acceptors (Lipinski definition) is 2. The summed E-state index contributed by atoms with van der Waals surface area (Å²) in [5, 5.41) is 3.44. The van der Waals surface area contributed by atoms with Crippen LogP contribution >= 0.6 is 0 Å². The zero-order chi connectivity index (χ0) is 14.5. The number of likely N-dealkylation sites (tertiary alicyclic amines) is 1. The Morgan fingerprint density at radius 1 is 1.00 bits per heavy atom. The smallest absolute Gasteiger partial charge is 0.226 e. The van der Waals surface area contributed by atoms with Crippen LogP contribution in [-0.4, -0.2) is 37.0 Å². The highest BCUT2D eigenvalue weighted by Crippen LogP contribution is 2.30. The number of nitrogens with zero attached hydrogens (tertiary/aromatic N) is 1. The van der Waals surface area contributed by atoms with Gasteiger partial charge in [0.05, 0.1) is 6.42 Å². The normalized spacial score (nSPS) is 21.4. The lowest BCUT2D eigenvalue weighted by Crippen LogP contribution is -2.42. The van der Waals surface area contributed by atoms with E-state index in [4.69, 9.17) is 0 Å². The largest absolute Gasteiger partial charge is 0.342 e. The summed E-state index contributed by atoms with van der Waals surface area (Å²) >= 11 is 0. The van der Waals surface area contributed by atoms with E-state index in [-0.39, 0.29) is 0 Å². The van der Waals surface area contributed by atoms with E-state index in [2.05, 4.69) is 10.2 Å². The first-order valence-corrected chi connectivity index (χ1v) is 8.35. The number of piperidine rings is 2. The first kappa shape index (κ1) is 14.6. The fraction of sp³-hybridized carbons (Fsp3) is 0.611. The Morgan fingerprint density at radius 3 is 2.29 bits per heavy atom. The van der Waals surface area contributed by atoms with Crippen LogP contribution in [0.4, 0.5) is 0 Å². The van der Waals surface area contributed by atoms with Crippen molar-refractivity contribution in [2.24, 2.45) is 11.8 Å². The van der Waals surface area contributed by atoms with Gasteiger partial charge in [-0.25, -0.2) is 0 Å². The minimum Gasteiger partial charge on any atom is -0.342 e. The molecule has 0 bridgehead atoms. The van der Waals surface area contributed by atoms with Gasteiger partial charge in [0, 0.05) is 13.1 Å². The maximum Gasteiger partial charge on any atom is 0.226 e. The quantitative estimate of drug-likeness (QED) is 0.926. The Bertz CT molecular complexity index is 446. The molecule has 0 spiro atoms. The van der Waals surface area contributed by atoms with Crippen molar-refractivity contribution in [2.45, 2.75) is 32.1 Å². The van der Waals surface area contributed by atoms with Crippen LogP contribution < -0.4 is 5.32 Å². The van der Waals surface area contributed by atoms with Crippen molar-refractivity contribution in [3.8, 4) is 0 Å². The minimum absolute atomic E-state index is 0.296. The number of carbonyl (C=O) groups excluding carboxylic acids is 1. The Morgan fingerprint density at radius 2 is 1.62 bits per heavy atom. The SMILES string of the molecule is O=C(Cc1ccccc1)N1CCC(C2CCNCC2)CC1. The third kappa shape index (κ3) is 3.85. The third-order valence-corrected chi connectivity index (χ3v) is 5.14. The lowest BCUT2D eigenvalue weighted by molar-refractivity contribution is -0.132. The Balaban J connectivity index is 1.47. The fourth-order valence-electron chi connectivity index (χ4n) is 3.82. The predicted octanol–water partition coefficient (Wildman–Crippen LogP) is 2.47. The van der Waals surface area contributed by atoms with Crippen LogP contribution in [0.5, 0.6) is 0 Å². The molecule has 114 valence electrons. The van der Waals surface area contributed by atoms with Gasteiger partial charge in [0.15, 0.2) is 0 Å². The summed E-state index contributed by atoms with van der Waals surface area (Å²) in [6.45, 7) is 4.27. The Hall–Kier alpha value is -1.35. The van der Waals surface area contributed by atoms with Crippen molar-refractivity contribution in [3.63, 3.8) is 0 Å². The molecule has 0 saturated carbocycles. The van der Waals surface area contributed by atoms with Crippen molar-refractivity contribution in [2.75, 3.05) is 26.2 Å². The fourth-order valence-corrected chi connectivity index (χ4v) is 3.82. The van der Waals surface area contributed by atoms with Crippen LogP contribution in [0.15, 0.2) is 30.3 Å². The molecule has 1 aromatic rings. The van der Waals surface area contributed by atoms with Crippen molar-refractivity contribution < 1.29 is 4.79 Å². The molecule has 3 nitrogen and oxygen atoms in total. The summed E-state index contributed by atoms with van der Waals surface area (Å²) in [6, 6.07) is 10.1. The van der Waals surface area contributed by atoms with Gasteiger partial charge in [-0.15, -0.1) is 0 Å². The lowest BCUT2D eigenvalue weighted by Gasteiger charge is -2.37. The molecule has 2 heterocycles. The molecule has 2 fully saturated rings. The average molecular weight is 286 g/mol. The van der Waals surface area contributed by atoms with Gasteiger partial charge in [-0.1, -0.05) is 30.3 Å². The molecule has 0 aromatic heterocycles. The molecule has 21 heavy (non-hydrogen) atoms. The van der Waals surface area contributed by atoms with E-state index in [1.807, 2.05) is 30.3 Å². The van der Waals surface area contributed by atoms with Crippen LogP contribution in [0.25, 0.3) is 0 Å². The maximum absolute atomic E-state index is 12.4. The Labute approximate surface area is 127 Å². The molecule has 2 aliphatic heterocycles. The molecule has 3 rings (SSSR count). The Kier molecular flexibility index (Phi) is 4.91. The van der Waals surface area contributed by atoms with Crippen molar-refractivity contribution in [3.05, 3.63) is 35.9 Å². The van der Waals surface area contributed by atoms with E-state index in [0.29, 0.717) is 12.3 Å². The van der Waals surface area contributed by atoms with E-state index in [1.54, 1.807) is 0 Å². The van der Waals surface area contributed by atoms with Gasteiger partial charge in [0.1, 0.15) is 0 Å². The highest BCUT2D eigenvalue weighted by Gasteiger charge is 2.29. The topological polar surface area (TPSA) is 32.3 Å². The lowest BCUT2D eigenvalue weighted by atomic mass is 9.79. The number of nitrogens with one attached hydrogen (secondary N) is 1. The molecule has 2 aliphatic rings. The molecular formula is C18H26N2O. The highest BCUT2D eigenvalue weighted by atomic mass is 16.2. The first-order valence-electron chi connectivity index (χ1n) is 8.35. The average Bonchev–Trinajstić information content (AvgIpc) is 2.57. The van der Waals surface area contributed by atoms with Crippen molar-refractivity contribution in [1.82, 2.24) is 10.2 Å². The van der Waals surface area contributed by atoms with Crippen molar-refractivity contribution >= 4 is 5.91 Å². The standard InChI is InChI=1S/C18H26N2O/c21-18(14-15-4-2-1-3-5-15)20-12-8-17(9-13-20)16-6-10-19-11-7-16/h1-5,16-17,19H,6-14H2. The molecule has 0 atom stereocenters. The molecule has 1 aromatic carbocycles. The molecule has 2 saturated heterocycles. The number of carbonyl (C=O) groups is 1. The monoisotopic (exact) mass is 286 g/mol. The summed E-state index contributed by atoms with van der Waals surface area (Å²) in [4.78, 5) is 14.4. The van der Waals surface area contributed by atoms with Crippen molar-refractivity contribution in [1.29, 1.82) is 0 Å². The number of benzene rings is 1. The van der Waals surface area contributed by atoms with E-state index < -0.39 is 0 Å². The second-order valence-corrected chi connectivity index (χ2v) is 6.47. The van der Waals surface area contributed by atoms with E-state index >= 15 is 0 Å². The molecule has 3 heteroatoms. The van der Waals surface area contributed by atoms with Gasteiger partial charge in [-0.05, 0) is 56.2 Å². The number of amides is 1. The van der Waals surface area contributed by atoms with Gasteiger partial charge < -0.3 is 10.2 Å². The van der Waals surface area contributed by atoms with E-state index in [9.17, 15) is 4.79 Å². The summed E-state index contributed by atoms with van der Waals surface area (Å²) in [6.07, 6.45) is 5.60. The zero-order valence-electron chi connectivity index (χ0n) is 12.8. The summed E-state index contributed by atoms with van der Waals surface area (Å²) in [7, 11) is 0. The summed E-state index contributed by atoms with van der Waals surface area (Å²) in [5.74, 6) is 2.02.